The number of benzene rings is 1. The molecule has 3 heteroatoms. The monoisotopic (exact) mass is 227 g/mol. The fraction of sp³-hybridized carbons (Fsp3) is 0.214. The predicted octanol–water partition coefficient (Wildman–Crippen LogP) is 2.61. The second-order valence-electron chi connectivity index (χ2n) is 4.23. The van der Waals surface area contributed by atoms with Crippen LogP contribution in [0.3, 0.4) is 0 Å². The Kier molecular flexibility index (Phi) is 3.28. The van der Waals surface area contributed by atoms with Gasteiger partial charge in [0.15, 0.2) is 0 Å². The van der Waals surface area contributed by atoms with Gasteiger partial charge in [-0.15, -0.1) is 0 Å². The van der Waals surface area contributed by atoms with E-state index in [2.05, 4.69) is 48.1 Å². The molecule has 0 aliphatic heterocycles. The summed E-state index contributed by atoms with van der Waals surface area (Å²) in [6.45, 7) is 2.95. The highest BCUT2D eigenvalue weighted by Gasteiger charge is 2.04. The highest BCUT2D eigenvalue weighted by atomic mass is 15.1. The summed E-state index contributed by atoms with van der Waals surface area (Å²) in [5.41, 5.74) is 9.24. The van der Waals surface area contributed by atoms with E-state index in [-0.39, 0.29) is 0 Å². The summed E-state index contributed by atoms with van der Waals surface area (Å²) < 4.78 is 0. The normalized spacial score (nSPS) is 10.2. The van der Waals surface area contributed by atoms with Gasteiger partial charge in [-0.3, -0.25) is 0 Å². The molecule has 0 saturated carbocycles. The van der Waals surface area contributed by atoms with Crippen molar-refractivity contribution in [2.45, 2.75) is 13.5 Å². The van der Waals surface area contributed by atoms with Crippen molar-refractivity contribution in [1.29, 1.82) is 0 Å². The number of para-hydroxylation sites is 1. The molecule has 0 aliphatic rings. The van der Waals surface area contributed by atoms with Gasteiger partial charge < -0.3 is 10.6 Å². The SMILES string of the molecule is Cc1ccccc1N(C)Cc1ccc(N)nc1. The van der Waals surface area contributed by atoms with Crippen molar-refractivity contribution in [2.75, 3.05) is 17.7 Å². The van der Waals surface area contributed by atoms with Crippen LogP contribution in [0.1, 0.15) is 11.1 Å². The molecule has 1 heterocycles. The van der Waals surface area contributed by atoms with E-state index in [1.807, 2.05) is 18.3 Å². The Hall–Kier alpha value is -2.03. The van der Waals surface area contributed by atoms with E-state index < -0.39 is 0 Å². The molecule has 1 aromatic carbocycles. The topological polar surface area (TPSA) is 42.1 Å². The molecule has 0 amide bonds. The van der Waals surface area contributed by atoms with Crippen molar-refractivity contribution in [3.05, 3.63) is 53.7 Å². The van der Waals surface area contributed by atoms with Crippen molar-refractivity contribution >= 4 is 11.5 Å². The molecule has 0 saturated heterocycles. The second-order valence-corrected chi connectivity index (χ2v) is 4.23. The van der Waals surface area contributed by atoms with Crippen molar-refractivity contribution < 1.29 is 0 Å². The van der Waals surface area contributed by atoms with E-state index >= 15 is 0 Å². The molecule has 17 heavy (non-hydrogen) atoms. The molecule has 2 N–H and O–H groups in total. The highest BCUT2D eigenvalue weighted by Crippen LogP contribution is 2.19. The molecule has 0 radical (unpaired) electrons. The molecule has 1 aromatic heterocycles. The first-order valence-corrected chi connectivity index (χ1v) is 5.64. The summed E-state index contributed by atoms with van der Waals surface area (Å²) in [6.07, 6.45) is 1.82. The third kappa shape index (κ3) is 2.75. The minimum absolute atomic E-state index is 0.562. The molecule has 0 fully saturated rings. The van der Waals surface area contributed by atoms with Crippen LogP contribution in [0.25, 0.3) is 0 Å². The van der Waals surface area contributed by atoms with Gasteiger partial charge in [-0.05, 0) is 30.2 Å². The van der Waals surface area contributed by atoms with Gasteiger partial charge in [-0.25, -0.2) is 4.98 Å². The Morgan fingerprint density at radius 3 is 2.59 bits per heavy atom. The first-order chi connectivity index (χ1) is 8.16. The van der Waals surface area contributed by atoms with Crippen LogP contribution in [0, 0.1) is 6.92 Å². The van der Waals surface area contributed by atoms with Crippen molar-refractivity contribution in [1.82, 2.24) is 4.98 Å². The lowest BCUT2D eigenvalue weighted by atomic mass is 10.1. The zero-order chi connectivity index (χ0) is 12.3. The lowest BCUT2D eigenvalue weighted by Crippen LogP contribution is -2.17. The van der Waals surface area contributed by atoms with Gasteiger partial charge in [0.1, 0.15) is 5.82 Å². The van der Waals surface area contributed by atoms with Gasteiger partial charge in [-0.1, -0.05) is 24.3 Å². The molecule has 2 rings (SSSR count). The number of nitrogen functional groups attached to an aromatic ring is 1. The van der Waals surface area contributed by atoms with Crippen molar-refractivity contribution in [3.63, 3.8) is 0 Å². The highest BCUT2D eigenvalue weighted by molar-refractivity contribution is 5.52. The van der Waals surface area contributed by atoms with Crippen LogP contribution in [0.2, 0.25) is 0 Å². The fourth-order valence-corrected chi connectivity index (χ4v) is 1.88. The Balaban J connectivity index is 2.14. The molecule has 0 bridgehead atoms. The summed E-state index contributed by atoms with van der Waals surface area (Å²) in [6, 6.07) is 12.2. The third-order valence-electron chi connectivity index (χ3n) is 2.79. The number of hydrogen-bond acceptors (Lipinski definition) is 3. The molecular formula is C14H17N3. The van der Waals surface area contributed by atoms with E-state index in [0.717, 1.165) is 12.1 Å². The lowest BCUT2D eigenvalue weighted by molar-refractivity contribution is 0.911. The van der Waals surface area contributed by atoms with Crippen LogP contribution in [0.5, 0.6) is 0 Å². The zero-order valence-electron chi connectivity index (χ0n) is 10.2. The maximum atomic E-state index is 5.57. The van der Waals surface area contributed by atoms with E-state index in [1.54, 1.807) is 0 Å². The third-order valence-corrected chi connectivity index (χ3v) is 2.79. The van der Waals surface area contributed by atoms with E-state index in [0.29, 0.717) is 5.82 Å². The number of anilines is 2. The van der Waals surface area contributed by atoms with Gasteiger partial charge in [-0.2, -0.15) is 0 Å². The maximum Gasteiger partial charge on any atom is 0.123 e. The van der Waals surface area contributed by atoms with Gasteiger partial charge in [0.2, 0.25) is 0 Å². The average molecular weight is 227 g/mol. The quantitative estimate of drug-likeness (QED) is 0.876. The Bertz CT molecular complexity index is 491. The van der Waals surface area contributed by atoms with Crippen LogP contribution < -0.4 is 10.6 Å². The van der Waals surface area contributed by atoms with Gasteiger partial charge in [0.25, 0.3) is 0 Å². The molecule has 0 atom stereocenters. The number of aromatic nitrogens is 1. The molecule has 0 unspecified atom stereocenters. The average Bonchev–Trinajstić information content (AvgIpc) is 2.32. The predicted molar refractivity (Wildman–Crippen MR) is 71.9 cm³/mol. The molecular weight excluding hydrogens is 210 g/mol. The maximum absolute atomic E-state index is 5.57. The molecule has 0 aliphatic carbocycles. The van der Waals surface area contributed by atoms with Crippen LogP contribution in [0.15, 0.2) is 42.6 Å². The minimum atomic E-state index is 0.562. The molecule has 88 valence electrons. The summed E-state index contributed by atoms with van der Waals surface area (Å²) in [4.78, 5) is 6.31. The Labute approximate surface area is 102 Å². The first kappa shape index (κ1) is 11.5. The van der Waals surface area contributed by atoms with Crippen molar-refractivity contribution in [3.8, 4) is 0 Å². The number of hydrogen-bond donors (Lipinski definition) is 1. The van der Waals surface area contributed by atoms with Gasteiger partial charge in [0.05, 0.1) is 0 Å². The largest absolute Gasteiger partial charge is 0.384 e. The van der Waals surface area contributed by atoms with Gasteiger partial charge >= 0.3 is 0 Å². The van der Waals surface area contributed by atoms with Crippen LogP contribution in [0.4, 0.5) is 11.5 Å². The summed E-state index contributed by atoms with van der Waals surface area (Å²) in [5.74, 6) is 0.562. The number of nitrogens with zero attached hydrogens (tertiary/aromatic N) is 2. The summed E-state index contributed by atoms with van der Waals surface area (Å²) in [5, 5.41) is 0. The number of pyridine rings is 1. The van der Waals surface area contributed by atoms with Crippen molar-refractivity contribution in [2.24, 2.45) is 0 Å². The zero-order valence-corrected chi connectivity index (χ0v) is 10.2. The molecule has 2 aromatic rings. The standard InChI is InChI=1S/C14H17N3/c1-11-5-3-4-6-13(11)17(2)10-12-7-8-14(15)16-9-12/h3-9H,10H2,1-2H3,(H2,15,16). The number of aryl methyl sites for hydroxylation is 1. The number of rotatable bonds is 3. The first-order valence-electron chi connectivity index (χ1n) is 5.64. The summed E-state index contributed by atoms with van der Waals surface area (Å²) >= 11 is 0. The molecule has 0 spiro atoms. The fourth-order valence-electron chi connectivity index (χ4n) is 1.88. The Morgan fingerprint density at radius 1 is 1.18 bits per heavy atom. The minimum Gasteiger partial charge on any atom is -0.384 e. The Morgan fingerprint density at radius 2 is 1.94 bits per heavy atom. The van der Waals surface area contributed by atoms with Crippen LogP contribution >= 0.6 is 0 Å². The summed E-state index contributed by atoms with van der Waals surface area (Å²) in [7, 11) is 2.08. The smallest absolute Gasteiger partial charge is 0.123 e. The van der Waals surface area contributed by atoms with E-state index in [9.17, 15) is 0 Å². The molecule has 3 nitrogen and oxygen atoms in total. The number of nitrogens with two attached hydrogens (primary N) is 1. The van der Waals surface area contributed by atoms with E-state index in [4.69, 9.17) is 5.73 Å². The second kappa shape index (κ2) is 4.87. The van der Waals surface area contributed by atoms with Crippen LogP contribution in [-0.4, -0.2) is 12.0 Å². The van der Waals surface area contributed by atoms with Crippen LogP contribution in [-0.2, 0) is 6.54 Å². The lowest BCUT2D eigenvalue weighted by Gasteiger charge is -2.21. The van der Waals surface area contributed by atoms with E-state index in [1.165, 1.54) is 11.3 Å². The van der Waals surface area contributed by atoms with Gasteiger partial charge in [0, 0.05) is 25.5 Å².